The van der Waals surface area contributed by atoms with E-state index in [4.69, 9.17) is 15.0 Å². The Kier molecular flexibility index (Phi) is 8.33. The second kappa shape index (κ2) is 12.0. The molecule has 2 aromatic carbocycles. The van der Waals surface area contributed by atoms with Gasteiger partial charge in [0, 0.05) is 35.5 Å². The van der Waals surface area contributed by atoms with Gasteiger partial charge >= 0.3 is 6.09 Å². The van der Waals surface area contributed by atoms with Gasteiger partial charge in [-0.25, -0.2) is 18.6 Å². The first kappa shape index (κ1) is 29.9. The average molecular weight is 602 g/mol. The number of amidine groups is 1. The highest BCUT2D eigenvalue weighted by atomic mass is 32.2. The van der Waals surface area contributed by atoms with Crippen molar-refractivity contribution in [3.63, 3.8) is 0 Å². The predicted octanol–water partition coefficient (Wildman–Crippen LogP) is 6.15. The largest absolute Gasteiger partial charge is 0.444 e. The Morgan fingerprint density at radius 3 is 2.63 bits per heavy atom. The first-order chi connectivity index (χ1) is 20.5. The quantitative estimate of drug-likeness (QED) is 0.384. The molecule has 1 saturated heterocycles. The fourth-order valence-corrected chi connectivity index (χ4v) is 6.18. The Hall–Kier alpha value is -4.56. The van der Waals surface area contributed by atoms with Crippen LogP contribution in [0.1, 0.15) is 53.5 Å². The number of nitriles is 1. The summed E-state index contributed by atoms with van der Waals surface area (Å²) in [5.74, 6) is -1.49. The molecule has 5 rings (SSSR count). The summed E-state index contributed by atoms with van der Waals surface area (Å²) in [6.45, 7) is 5.56. The molecular formula is C32H29F2N5O3S. The van der Waals surface area contributed by atoms with E-state index < -0.39 is 28.9 Å². The van der Waals surface area contributed by atoms with Crippen molar-refractivity contribution < 1.29 is 23.1 Å². The van der Waals surface area contributed by atoms with Crippen LogP contribution in [-0.2, 0) is 10.3 Å². The lowest BCUT2D eigenvalue weighted by Crippen LogP contribution is -2.43. The molecule has 3 heterocycles. The first-order valence-electron chi connectivity index (χ1n) is 13.6. The number of thioether (sulfide) groups is 1. The number of aliphatic imine (C=N–C) groups is 1. The van der Waals surface area contributed by atoms with Crippen LogP contribution >= 0.6 is 11.8 Å². The van der Waals surface area contributed by atoms with Crippen LogP contribution in [0, 0.1) is 23.1 Å². The number of hydrogen-bond donors (Lipinski definition) is 1. The first-order valence-corrected chi connectivity index (χ1v) is 14.6. The summed E-state index contributed by atoms with van der Waals surface area (Å²) in [5, 5.41) is 12.1. The molecule has 8 nitrogen and oxygen atoms in total. The molecule has 0 spiro atoms. The van der Waals surface area contributed by atoms with E-state index in [0.717, 1.165) is 0 Å². The van der Waals surface area contributed by atoms with E-state index in [1.165, 1.54) is 59.3 Å². The number of nitrogens with one attached hydrogen (secondary N) is 1. The van der Waals surface area contributed by atoms with Gasteiger partial charge < -0.3 is 15.0 Å². The third-order valence-electron chi connectivity index (χ3n) is 7.07. The monoisotopic (exact) mass is 601 g/mol. The van der Waals surface area contributed by atoms with Crippen molar-refractivity contribution in [3.05, 3.63) is 101 Å². The minimum absolute atomic E-state index is 0.00158. The van der Waals surface area contributed by atoms with Crippen LogP contribution in [0.4, 0.5) is 13.6 Å². The molecule has 3 aromatic rings. The van der Waals surface area contributed by atoms with Gasteiger partial charge in [0.05, 0.1) is 17.8 Å². The number of pyridine rings is 1. The summed E-state index contributed by atoms with van der Waals surface area (Å²) >= 11 is 1.32. The van der Waals surface area contributed by atoms with Gasteiger partial charge in [0.15, 0.2) is 5.17 Å². The Morgan fingerprint density at radius 2 is 1.95 bits per heavy atom. The lowest BCUT2D eigenvalue weighted by atomic mass is 9.81. The normalized spacial score (nSPS) is 20.1. The van der Waals surface area contributed by atoms with E-state index in [0.29, 0.717) is 27.6 Å². The Morgan fingerprint density at radius 1 is 1.19 bits per heavy atom. The molecule has 2 amide bonds. The molecule has 1 fully saturated rings. The molecule has 220 valence electrons. The fourth-order valence-electron chi connectivity index (χ4n) is 5.05. The maximum Gasteiger partial charge on any atom is 0.410 e. The number of ether oxygens (including phenoxy) is 1. The second-order valence-corrected chi connectivity index (χ2v) is 12.3. The smallest absolute Gasteiger partial charge is 0.410 e. The van der Waals surface area contributed by atoms with Crippen molar-refractivity contribution in [2.75, 3.05) is 18.8 Å². The van der Waals surface area contributed by atoms with Crippen LogP contribution in [0.3, 0.4) is 0 Å². The number of fused-ring (bicyclic) bond motifs is 1. The zero-order chi connectivity index (χ0) is 30.8. The minimum Gasteiger partial charge on any atom is -0.444 e. The lowest BCUT2D eigenvalue weighted by molar-refractivity contribution is 0.0281. The number of nitrogens with zero attached hydrogens (tertiary/aromatic N) is 4. The Balaban J connectivity index is 1.54. The molecule has 0 radical (unpaired) electrons. The molecule has 2 aliphatic heterocycles. The number of carbonyl (C=O) groups is 2. The summed E-state index contributed by atoms with van der Waals surface area (Å²) in [4.78, 5) is 36.5. The van der Waals surface area contributed by atoms with Gasteiger partial charge in [-0.3, -0.25) is 9.78 Å². The fraction of sp³-hybridized carbons (Fsp3) is 0.281. The van der Waals surface area contributed by atoms with E-state index >= 15 is 8.78 Å². The van der Waals surface area contributed by atoms with Crippen LogP contribution in [0.5, 0.6) is 0 Å². The summed E-state index contributed by atoms with van der Waals surface area (Å²) in [7, 11) is 0. The average Bonchev–Trinajstić information content (AvgIpc) is 3.38. The number of hydrogen-bond acceptors (Lipinski definition) is 7. The number of benzene rings is 2. The van der Waals surface area contributed by atoms with Gasteiger partial charge in [0.25, 0.3) is 5.91 Å². The van der Waals surface area contributed by atoms with Crippen molar-refractivity contribution in [1.82, 2.24) is 15.2 Å². The van der Waals surface area contributed by atoms with E-state index in [1.54, 1.807) is 51.1 Å². The number of halogens is 2. The Labute approximate surface area is 252 Å². The number of likely N-dealkylation sites (tertiary alicyclic amines) is 1. The number of amides is 2. The van der Waals surface area contributed by atoms with Crippen LogP contribution in [0.2, 0.25) is 0 Å². The van der Waals surface area contributed by atoms with Gasteiger partial charge in [-0.1, -0.05) is 36.0 Å². The van der Waals surface area contributed by atoms with E-state index in [1.807, 2.05) is 6.07 Å². The molecule has 43 heavy (non-hydrogen) atoms. The molecule has 0 bridgehead atoms. The highest BCUT2D eigenvalue weighted by Gasteiger charge is 2.53. The summed E-state index contributed by atoms with van der Waals surface area (Å²) in [6.07, 6.45) is 1.94. The second-order valence-electron chi connectivity index (χ2n) is 11.3. The molecule has 2 unspecified atom stereocenters. The van der Waals surface area contributed by atoms with Gasteiger partial charge in [0.2, 0.25) is 0 Å². The molecule has 1 N–H and O–H groups in total. The molecular weight excluding hydrogens is 572 g/mol. The molecule has 2 atom stereocenters. The number of aromatic nitrogens is 1. The van der Waals surface area contributed by atoms with Crippen molar-refractivity contribution in [2.45, 2.75) is 31.9 Å². The maximum absolute atomic E-state index is 15.7. The summed E-state index contributed by atoms with van der Waals surface area (Å²) in [6, 6.07) is 17.6. The molecule has 0 aliphatic carbocycles. The van der Waals surface area contributed by atoms with Crippen LogP contribution in [-0.4, -0.2) is 51.5 Å². The van der Waals surface area contributed by atoms with Crippen LogP contribution in [0.15, 0.2) is 71.9 Å². The summed E-state index contributed by atoms with van der Waals surface area (Å²) < 4.78 is 36.5. The summed E-state index contributed by atoms with van der Waals surface area (Å²) in [5.41, 5.74) is -0.720. The molecule has 1 aromatic heterocycles. The van der Waals surface area contributed by atoms with Crippen molar-refractivity contribution in [3.8, 4) is 6.07 Å². The van der Waals surface area contributed by atoms with E-state index in [2.05, 4.69) is 10.3 Å². The third kappa shape index (κ3) is 6.60. The van der Waals surface area contributed by atoms with Gasteiger partial charge in [-0.15, -0.1) is 0 Å². The highest BCUT2D eigenvalue weighted by molar-refractivity contribution is 8.13. The van der Waals surface area contributed by atoms with Crippen molar-refractivity contribution >= 4 is 40.8 Å². The van der Waals surface area contributed by atoms with Crippen LogP contribution < -0.4 is 5.32 Å². The molecule has 11 heteroatoms. The van der Waals surface area contributed by atoms with Crippen molar-refractivity contribution in [2.24, 2.45) is 10.9 Å². The van der Waals surface area contributed by atoms with Crippen LogP contribution in [0.25, 0.3) is 11.9 Å². The third-order valence-corrected chi connectivity index (χ3v) is 8.10. The van der Waals surface area contributed by atoms with Crippen molar-refractivity contribution in [1.29, 1.82) is 5.26 Å². The molecule has 2 aliphatic rings. The van der Waals surface area contributed by atoms with E-state index in [-0.39, 0.29) is 36.2 Å². The van der Waals surface area contributed by atoms with Gasteiger partial charge in [0.1, 0.15) is 28.9 Å². The topological polar surface area (TPSA) is 108 Å². The number of rotatable bonds is 4. The molecule has 0 saturated carbocycles. The van der Waals surface area contributed by atoms with Gasteiger partial charge in [-0.05, 0) is 68.8 Å². The maximum atomic E-state index is 15.7. The standard InChI is InChI=1S/C32H29F2N5O3S/c1-31(2,3)42-30(41)39-17-23-18-43-29(37-28(40)22-7-5-4-6-8-22)38-32(23,19-39)24-13-20(9-11-25(24)33)14-26(34)27-12-10-21(15-35)16-36-27/h4-14,16,23H,17-19H2,1-3H3,(H,37,38,40)/b26-14-. The Bertz CT molecular complexity index is 1650. The number of carbonyl (C=O) groups excluding carboxylic acids is 2. The highest BCUT2D eigenvalue weighted by Crippen LogP contribution is 2.47. The SMILES string of the molecule is CC(C)(C)OC(=O)N1CC2CSC(NC(=O)c3ccccc3)=NC2(c2cc(/C=C(\F)c3ccc(C#N)cn3)ccc2F)C1. The van der Waals surface area contributed by atoms with Gasteiger partial charge in [-0.2, -0.15) is 5.26 Å². The predicted molar refractivity (Wildman–Crippen MR) is 161 cm³/mol. The zero-order valence-electron chi connectivity index (χ0n) is 23.8. The van der Waals surface area contributed by atoms with E-state index in [9.17, 15) is 9.59 Å². The lowest BCUT2D eigenvalue weighted by Gasteiger charge is -2.35. The zero-order valence-corrected chi connectivity index (χ0v) is 24.6. The minimum atomic E-state index is -1.27.